The number of aromatic nitrogens is 2. The van der Waals surface area contributed by atoms with Gasteiger partial charge in [-0.3, -0.25) is 4.79 Å². The maximum Gasteiger partial charge on any atom is 0.225 e. The molecule has 0 radical (unpaired) electrons. The highest BCUT2D eigenvalue weighted by Gasteiger charge is 2.44. The molecule has 4 heteroatoms. The smallest absolute Gasteiger partial charge is 0.225 e. The lowest BCUT2D eigenvalue weighted by Crippen LogP contribution is -2.40. The van der Waals surface area contributed by atoms with E-state index < -0.39 is 0 Å². The van der Waals surface area contributed by atoms with Gasteiger partial charge in [0.1, 0.15) is 0 Å². The van der Waals surface area contributed by atoms with Crippen molar-refractivity contribution in [2.45, 2.75) is 52.0 Å². The van der Waals surface area contributed by atoms with Crippen LogP contribution in [0, 0.1) is 18.8 Å². The Morgan fingerprint density at radius 3 is 2.75 bits per heavy atom. The molecule has 2 aliphatic rings. The Hall–Kier alpha value is -1.32. The van der Waals surface area contributed by atoms with Crippen molar-refractivity contribution >= 4 is 5.91 Å². The van der Waals surface area contributed by atoms with Gasteiger partial charge in [-0.15, -0.1) is 0 Å². The molecule has 1 aliphatic carbocycles. The molecule has 1 amide bonds. The van der Waals surface area contributed by atoms with E-state index in [1.54, 1.807) is 0 Å². The van der Waals surface area contributed by atoms with Gasteiger partial charge in [0.15, 0.2) is 0 Å². The average molecular weight is 275 g/mol. The first-order valence-corrected chi connectivity index (χ1v) is 7.98. The number of carbonyl (C=O) groups excluding carboxylic acids is 1. The van der Waals surface area contributed by atoms with Crippen LogP contribution in [0.3, 0.4) is 0 Å². The minimum atomic E-state index is 0.349. The third-order valence-electron chi connectivity index (χ3n) is 4.93. The first-order chi connectivity index (χ1) is 9.70. The Labute approximate surface area is 121 Å². The maximum atomic E-state index is 12.4. The van der Waals surface area contributed by atoms with Crippen molar-refractivity contribution in [3.63, 3.8) is 0 Å². The zero-order valence-electron chi connectivity index (χ0n) is 12.6. The second-order valence-electron chi connectivity index (χ2n) is 6.39. The summed E-state index contributed by atoms with van der Waals surface area (Å²) < 4.78 is 2.26. The van der Waals surface area contributed by atoms with Crippen molar-refractivity contribution in [3.8, 4) is 0 Å². The van der Waals surface area contributed by atoms with Gasteiger partial charge in [0, 0.05) is 36.9 Å². The predicted octanol–water partition coefficient (Wildman–Crippen LogP) is 2.79. The monoisotopic (exact) mass is 275 g/mol. The number of nitrogens with zero attached hydrogens (tertiary/aromatic N) is 3. The zero-order chi connectivity index (χ0) is 14.1. The largest absolute Gasteiger partial charge is 0.342 e. The SMILES string of the molecule is CCC[C@@H]1C[C@H]1C(=O)N1CCC(n2cncc2C)CC1. The van der Waals surface area contributed by atoms with Crippen LogP contribution in [0.4, 0.5) is 0 Å². The number of piperidine rings is 1. The summed E-state index contributed by atoms with van der Waals surface area (Å²) in [4.78, 5) is 18.7. The van der Waals surface area contributed by atoms with Crippen LogP contribution in [0.5, 0.6) is 0 Å². The van der Waals surface area contributed by atoms with Crippen molar-refractivity contribution in [2.75, 3.05) is 13.1 Å². The van der Waals surface area contributed by atoms with Crippen LogP contribution in [0.15, 0.2) is 12.5 Å². The molecule has 0 N–H and O–H groups in total. The molecule has 1 aliphatic heterocycles. The van der Waals surface area contributed by atoms with Crippen LogP contribution >= 0.6 is 0 Å². The van der Waals surface area contributed by atoms with Gasteiger partial charge in [0.2, 0.25) is 5.91 Å². The summed E-state index contributed by atoms with van der Waals surface area (Å²) in [6.07, 6.45) is 9.53. The summed E-state index contributed by atoms with van der Waals surface area (Å²) >= 11 is 0. The van der Waals surface area contributed by atoms with Gasteiger partial charge in [-0.25, -0.2) is 4.98 Å². The van der Waals surface area contributed by atoms with Crippen molar-refractivity contribution in [3.05, 3.63) is 18.2 Å². The van der Waals surface area contributed by atoms with Gasteiger partial charge >= 0.3 is 0 Å². The van der Waals surface area contributed by atoms with Gasteiger partial charge in [0.25, 0.3) is 0 Å². The Balaban J connectivity index is 1.52. The Kier molecular flexibility index (Phi) is 3.81. The van der Waals surface area contributed by atoms with Crippen LogP contribution in [-0.4, -0.2) is 33.4 Å². The van der Waals surface area contributed by atoms with E-state index in [2.05, 4.69) is 28.3 Å². The minimum absolute atomic E-state index is 0.349. The summed E-state index contributed by atoms with van der Waals surface area (Å²) in [5, 5.41) is 0. The fraction of sp³-hybridized carbons (Fsp3) is 0.750. The molecular weight excluding hydrogens is 250 g/mol. The Morgan fingerprint density at radius 2 is 2.15 bits per heavy atom. The highest BCUT2D eigenvalue weighted by atomic mass is 16.2. The van der Waals surface area contributed by atoms with Gasteiger partial charge in [-0.2, -0.15) is 0 Å². The van der Waals surface area contributed by atoms with E-state index in [9.17, 15) is 4.79 Å². The van der Waals surface area contributed by atoms with Crippen molar-refractivity contribution in [1.82, 2.24) is 14.5 Å². The molecule has 0 unspecified atom stereocenters. The van der Waals surface area contributed by atoms with Gasteiger partial charge in [0.05, 0.1) is 6.33 Å². The molecule has 0 bridgehead atoms. The molecule has 20 heavy (non-hydrogen) atoms. The van der Waals surface area contributed by atoms with Crippen molar-refractivity contribution in [1.29, 1.82) is 0 Å². The highest BCUT2D eigenvalue weighted by Crippen LogP contribution is 2.43. The molecule has 2 heterocycles. The number of imidazole rings is 1. The van der Waals surface area contributed by atoms with E-state index in [0.29, 0.717) is 23.8 Å². The quantitative estimate of drug-likeness (QED) is 0.847. The van der Waals surface area contributed by atoms with Crippen molar-refractivity contribution < 1.29 is 4.79 Å². The molecule has 3 rings (SSSR count). The third kappa shape index (κ3) is 2.60. The molecule has 1 aromatic rings. The lowest BCUT2D eigenvalue weighted by Gasteiger charge is -2.33. The van der Waals surface area contributed by atoms with E-state index >= 15 is 0 Å². The van der Waals surface area contributed by atoms with Crippen molar-refractivity contribution in [2.24, 2.45) is 11.8 Å². The molecule has 2 fully saturated rings. The van der Waals surface area contributed by atoms with Gasteiger partial charge in [-0.05, 0) is 38.5 Å². The van der Waals surface area contributed by atoms with Crippen LogP contribution in [-0.2, 0) is 4.79 Å². The highest BCUT2D eigenvalue weighted by molar-refractivity contribution is 5.81. The number of aryl methyl sites for hydroxylation is 1. The topological polar surface area (TPSA) is 38.1 Å². The summed E-state index contributed by atoms with van der Waals surface area (Å²) in [7, 11) is 0. The molecule has 2 atom stereocenters. The molecule has 0 aromatic carbocycles. The Morgan fingerprint density at radius 1 is 1.40 bits per heavy atom. The predicted molar refractivity (Wildman–Crippen MR) is 78.3 cm³/mol. The molecule has 1 aromatic heterocycles. The molecular formula is C16H25N3O. The lowest BCUT2D eigenvalue weighted by atomic mass is 10.0. The van der Waals surface area contributed by atoms with Crippen LogP contribution in [0.25, 0.3) is 0 Å². The molecule has 4 nitrogen and oxygen atoms in total. The van der Waals surface area contributed by atoms with Crippen LogP contribution in [0.2, 0.25) is 0 Å². The van der Waals surface area contributed by atoms with Gasteiger partial charge < -0.3 is 9.47 Å². The molecule has 1 saturated carbocycles. The summed E-state index contributed by atoms with van der Waals surface area (Å²) in [5.74, 6) is 1.45. The number of hydrogen-bond acceptors (Lipinski definition) is 2. The Bertz CT molecular complexity index is 474. The fourth-order valence-corrected chi connectivity index (χ4v) is 3.59. The summed E-state index contributed by atoms with van der Waals surface area (Å²) in [5.41, 5.74) is 1.22. The third-order valence-corrected chi connectivity index (χ3v) is 4.93. The zero-order valence-corrected chi connectivity index (χ0v) is 12.6. The van der Waals surface area contributed by atoms with Crippen LogP contribution in [0.1, 0.15) is 50.8 Å². The first kappa shape index (κ1) is 13.7. The van der Waals surface area contributed by atoms with E-state index in [-0.39, 0.29) is 0 Å². The summed E-state index contributed by atoms with van der Waals surface area (Å²) in [6.45, 7) is 6.13. The lowest BCUT2D eigenvalue weighted by molar-refractivity contribution is -0.134. The van der Waals surface area contributed by atoms with E-state index in [4.69, 9.17) is 0 Å². The minimum Gasteiger partial charge on any atom is -0.342 e. The van der Waals surface area contributed by atoms with E-state index in [1.807, 2.05) is 12.5 Å². The second kappa shape index (κ2) is 5.58. The molecule has 1 saturated heterocycles. The maximum absolute atomic E-state index is 12.4. The molecule has 110 valence electrons. The number of hydrogen-bond donors (Lipinski definition) is 0. The molecule has 0 spiro atoms. The number of amides is 1. The number of rotatable bonds is 4. The van der Waals surface area contributed by atoms with Crippen LogP contribution < -0.4 is 0 Å². The number of likely N-dealkylation sites (tertiary alicyclic amines) is 1. The first-order valence-electron chi connectivity index (χ1n) is 7.98. The standard InChI is InChI=1S/C16H25N3O/c1-3-4-13-9-15(13)16(20)18-7-5-14(6-8-18)19-11-17-10-12(19)2/h10-11,13-15H,3-9H2,1-2H3/t13-,15-/m1/s1. The second-order valence-corrected chi connectivity index (χ2v) is 6.39. The summed E-state index contributed by atoms with van der Waals surface area (Å²) in [6, 6.07) is 0.521. The van der Waals surface area contributed by atoms with E-state index in [0.717, 1.165) is 32.4 Å². The van der Waals surface area contributed by atoms with E-state index in [1.165, 1.54) is 18.5 Å². The number of carbonyl (C=O) groups is 1. The average Bonchev–Trinajstić information content (AvgIpc) is 3.10. The van der Waals surface area contributed by atoms with Gasteiger partial charge in [-0.1, -0.05) is 13.3 Å². The normalized spacial score (nSPS) is 26.8. The fourth-order valence-electron chi connectivity index (χ4n) is 3.59.